The quantitative estimate of drug-likeness (QED) is 0.764. The van der Waals surface area contributed by atoms with Gasteiger partial charge in [0.05, 0.1) is 0 Å². The van der Waals surface area contributed by atoms with Gasteiger partial charge in [-0.2, -0.15) is 4.98 Å². The second-order valence-electron chi connectivity index (χ2n) is 3.83. The summed E-state index contributed by atoms with van der Waals surface area (Å²) >= 11 is 0. The molecule has 5 nitrogen and oxygen atoms in total. The Hall–Kier alpha value is -1.88. The second-order valence-corrected chi connectivity index (χ2v) is 3.83. The molecule has 0 radical (unpaired) electrons. The predicted molar refractivity (Wildman–Crippen MR) is 62.6 cm³/mol. The molecule has 0 aliphatic heterocycles. The molecular weight excluding hydrogens is 218 g/mol. The average Bonchev–Trinajstić information content (AvgIpc) is 2.71. The zero-order valence-corrected chi connectivity index (χ0v) is 9.68. The van der Waals surface area contributed by atoms with Crippen molar-refractivity contribution in [3.8, 4) is 5.75 Å². The molecule has 2 N–H and O–H groups in total. The predicted octanol–water partition coefficient (Wildman–Crippen LogP) is 1.42. The van der Waals surface area contributed by atoms with E-state index >= 15 is 0 Å². The molecule has 2 aromatic rings. The largest absolute Gasteiger partial charge is 0.508 e. The molecule has 5 heteroatoms. The van der Waals surface area contributed by atoms with Crippen molar-refractivity contribution in [2.45, 2.75) is 19.9 Å². The Morgan fingerprint density at radius 2 is 2.29 bits per heavy atom. The Labute approximate surface area is 99.5 Å². The Balaban J connectivity index is 1.73. The maximum absolute atomic E-state index is 9.29. The van der Waals surface area contributed by atoms with E-state index in [0.717, 1.165) is 12.1 Å². The van der Waals surface area contributed by atoms with Crippen LogP contribution in [0.4, 0.5) is 0 Å². The van der Waals surface area contributed by atoms with Gasteiger partial charge in [0.25, 0.3) is 0 Å². The van der Waals surface area contributed by atoms with Gasteiger partial charge in [-0.3, -0.25) is 0 Å². The summed E-state index contributed by atoms with van der Waals surface area (Å²) in [6.07, 6.45) is 0.708. The first kappa shape index (κ1) is 11.6. The first-order valence-corrected chi connectivity index (χ1v) is 5.52. The van der Waals surface area contributed by atoms with Gasteiger partial charge >= 0.3 is 0 Å². The van der Waals surface area contributed by atoms with Gasteiger partial charge in [-0.1, -0.05) is 17.3 Å². The second kappa shape index (κ2) is 5.45. The molecule has 1 heterocycles. The summed E-state index contributed by atoms with van der Waals surface area (Å²) in [5.74, 6) is 1.59. The summed E-state index contributed by atoms with van der Waals surface area (Å²) in [4.78, 5) is 4.11. The van der Waals surface area contributed by atoms with Gasteiger partial charge in [0.1, 0.15) is 5.75 Å². The van der Waals surface area contributed by atoms with E-state index < -0.39 is 0 Å². The molecule has 0 fully saturated rings. The number of aromatic nitrogens is 2. The zero-order chi connectivity index (χ0) is 12.1. The van der Waals surface area contributed by atoms with Gasteiger partial charge in [0, 0.05) is 19.5 Å². The molecule has 0 saturated carbocycles. The number of benzene rings is 1. The van der Waals surface area contributed by atoms with E-state index in [1.807, 2.05) is 12.1 Å². The van der Waals surface area contributed by atoms with Gasteiger partial charge in [0.2, 0.25) is 5.89 Å². The lowest BCUT2D eigenvalue weighted by Gasteiger charge is -2.03. The molecule has 2 rings (SSSR count). The van der Waals surface area contributed by atoms with Crippen LogP contribution in [0.3, 0.4) is 0 Å². The fourth-order valence-corrected chi connectivity index (χ4v) is 1.54. The van der Waals surface area contributed by atoms with E-state index in [1.54, 1.807) is 19.1 Å². The van der Waals surface area contributed by atoms with Crippen molar-refractivity contribution in [2.75, 3.05) is 6.54 Å². The highest BCUT2D eigenvalue weighted by atomic mass is 16.5. The van der Waals surface area contributed by atoms with Crippen molar-refractivity contribution in [2.24, 2.45) is 0 Å². The zero-order valence-electron chi connectivity index (χ0n) is 9.68. The van der Waals surface area contributed by atoms with Gasteiger partial charge < -0.3 is 14.9 Å². The molecule has 90 valence electrons. The summed E-state index contributed by atoms with van der Waals surface area (Å²) in [5.41, 5.74) is 1.05. The number of hydrogen-bond acceptors (Lipinski definition) is 5. The van der Waals surface area contributed by atoms with E-state index in [0.29, 0.717) is 24.7 Å². The number of rotatable bonds is 5. The Kier molecular flexibility index (Phi) is 3.72. The molecule has 0 spiro atoms. The normalized spacial score (nSPS) is 10.6. The molecule has 0 saturated heterocycles. The molecule has 0 bridgehead atoms. The van der Waals surface area contributed by atoms with Crippen molar-refractivity contribution >= 4 is 0 Å². The first-order valence-electron chi connectivity index (χ1n) is 5.52. The van der Waals surface area contributed by atoms with Crippen molar-refractivity contribution in [1.29, 1.82) is 0 Å². The third-order valence-corrected chi connectivity index (χ3v) is 2.32. The fourth-order valence-electron chi connectivity index (χ4n) is 1.54. The van der Waals surface area contributed by atoms with Gasteiger partial charge in [0.15, 0.2) is 5.82 Å². The van der Waals surface area contributed by atoms with Crippen molar-refractivity contribution in [3.63, 3.8) is 0 Å². The third kappa shape index (κ3) is 3.57. The van der Waals surface area contributed by atoms with Crippen LogP contribution in [0, 0.1) is 6.92 Å². The highest BCUT2D eigenvalue weighted by molar-refractivity contribution is 5.26. The minimum absolute atomic E-state index is 0.289. The molecular formula is C12H15N3O2. The maximum atomic E-state index is 9.29. The number of hydrogen-bond donors (Lipinski definition) is 2. The van der Waals surface area contributed by atoms with Crippen LogP contribution >= 0.6 is 0 Å². The van der Waals surface area contributed by atoms with Crippen LogP contribution in [0.1, 0.15) is 17.3 Å². The number of phenols is 1. The van der Waals surface area contributed by atoms with Crippen LogP contribution in [0.15, 0.2) is 28.8 Å². The Bertz CT molecular complexity index is 482. The molecule has 0 amide bonds. The summed E-state index contributed by atoms with van der Waals surface area (Å²) in [5, 5.41) is 16.3. The van der Waals surface area contributed by atoms with Crippen LogP contribution < -0.4 is 5.32 Å². The van der Waals surface area contributed by atoms with Crippen LogP contribution in [-0.4, -0.2) is 21.8 Å². The average molecular weight is 233 g/mol. The topological polar surface area (TPSA) is 71.2 Å². The highest BCUT2D eigenvalue weighted by Gasteiger charge is 2.01. The van der Waals surface area contributed by atoms with Gasteiger partial charge in [-0.05, 0) is 24.6 Å². The molecule has 0 aliphatic carbocycles. The van der Waals surface area contributed by atoms with Crippen molar-refractivity contribution in [3.05, 3.63) is 41.5 Å². The Morgan fingerprint density at radius 3 is 3.00 bits per heavy atom. The van der Waals surface area contributed by atoms with Crippen molar-refractivity contribution in [1.82, 2.24) is 15.5 Å². The van der Waals surface area contributed by atoms with Crippen LogP contribution in [-0.2, 0) is 13.0 Å². The number of nitrogens with zero attached hydrogens (tertiary/aromatic N) is 2. The highest BCUT2D eigenvalue weighted by Crippen LogP contribution is 2.10. The summed E-state index contributed by atoms with van der Waals surface area (Å²) in [7, 11) is 0. The minimum atomic E-state index is 0.289. The maximum Gasteiger partial charge on any atom is 0.227 e. The monoisotopic (exact) mass is 233 g/mol. The summed E-state index contributed by atoms with van der Waals surface area (Å²) in [6.45, 7) is 3.27. The van der Waals surface area contributed by atoms with Crippen LogP contribution in [0.2, 0.25) is 0 Å². The molecule has 17 heavy (non-hydrogen) atoms. The summed E-state index contributed by atoms with van der Waals surface area (Å²) < 4.78 is 4.99. The van der Waals surface area contributed by atoms with Gasteiger partial charge in [-0.15, -0.1) is 0 Å². The van der Waals surface area contributed by atoms with E-state index in [-0.39, 0.29) is 5.75 Å². The lowest BCUT2D eigenvalue weighted by Crippen LogP contribution is -2.16. The Morgan fingerprint density at radius 1 is 1.41 bits per heavy atom. The number of nitrogens with one attached hydrogen (secondary N) is 1. The minimum Gasteiger partial charge on any atom is -0.508 e. The van der Waals surface area contributed by atoms with Crippen LogP contribution in [0.25, 0.3) is 0 Å². The number of aromatic hydroxyl groups is 1. The number of phenolic OH excluding ortho intramolecular Hbond substituents is 1. The molecule has 0 aliphatic rings. The lowest BCUT2D eigenvalue weighted by molar-refractivity contribution is 0.372. The lowest BCUT2D eigenvalue weighted by atomic mass is 10.2. The standard InChI is InChI=1S/C12H15N3O2/c1-9-14-12(17-15-9)5-6-13-8-10-3-2-4-11(16)7-10/h2-4,7,13,16H,5-6,8H2,1H3. The van der Waals surface area contributed by atoms with Crippen molar-refractivity contribution < 1.29 is 9.63 Å². The summed E-state index contributed by atoms with van der Waals surface area (Å²) in [6, 6.07) is 7.19. The molecule has 1 aromatic carbocycles. The third-order valence-electron chi connectivity index (χ3n) is 2.32. The molecule has 1 aromatic heterocycles. The van der Waals surface area contributed by atoms with E-state index in [2.05, 4.69) is 15.5 Å². The van der Waals surface area contributed by atoms with Crippen LogP contribution in [0.5, 0.6) is 5.75 Å². The fraction of sp³-hybridized carbons (Fsp3) is 0.333. The first-order chi connectivity index (χ1) is 8.24. The van der Waals surface area contributed by atoms with E-state index in [9.17, 15) is 5.11 Å². The smallest absolute Gasteiger partial charge is 0.227 e. The van der Waals surface area contributed by atoms with Gasteiger partial charge in [-0.25, -0.2) is 0 Å². The SMILES string of the molecule is Cc1noc(CCNCc2cccc(O)c2)n1. The molecule has 0 unspecified atom stereocenters. The van der Waals surface area contributed by atoms with E-state index in [4.69, 9.17) is 4.52 Å². The van der Waals surface area contributed by atoms with E-state index in [1.165, 1.54) is 0 Å². The number of aryl methyl sites for hydroxylation is 1. The molecule has 0 atom stereocenters.